The second-order valence-electron chi connectivity index (χ2n) is 4.68. The second-order valence-corrected chi connectivity index (χ2v) is 4.68. The van der Waals surface area contributed by atoms with Crippen molar-refractivity contribution in [2.24, 2.45) is 0 Å². The van der Waals surface area contributed by atoms with E-state index in [9.17, 15) is 4.79 Å². The van der Waals surface area contributed by atoms with Crippen LogP contribution in [0.2, 0.25) is 0 Å². The molecule has 0 fully saturated rings. The van der Waals surface area contributed by atoms with Crippen LogP contribution >= 0.6 is 0 Å². The largest absolute Gasteiger partial charge is 0.490 e. The van der Waals surface area contributed by atoms with Crippen molar-refractivity contribution in [3.8, 4) is 5.75 Å². The van der Waals surface area contributed by atoms with E-state index in [-0.39, 0.29) is 11.9 Å². The molecule has 0 N–H and O–H groups in total. The molecule has 0 aliphatic rings. The zero-order valence-corrected chi connectivity index (χ0v) is 11.4. The molecule has 98 valence electrons. The Balaban J connectivity index is 2.35. The fourth-order valence-electron chi connectivity index (χ4n) is 1.77. The lowest BCUT2D eigenvalue weighted by Gasteiger charge is -2.13. The van der Waals surface area contributed by atoms with Crippen molar-refractivity contribution in [1.82, 2.24) is 4.98 Å². The van der Waals surface area contributed by atoms with Crippen LogP contribution in [0.3, 0.4) is 0 Å². The first-order chi connectivity index (χ1) is 9.08. The summed E-state index contributed by atoms with van der Waals surface area (Å²) in [7, 11) is 0. The first-order valence-corrected chi connectivity index (χ1v) is 6.31. The van der Waals surface area contributed by atoms with Gasteiger partial charge in [0.1, 0.15) is 5.75 Å². The Kier molecular flexibility index (Phi) is 3.95. The molecule has 0 unspecified atom stereocenters. The maximum atomic E-state index is 12.4. The summed E-state index contributed by atoms with van der Waals surface area (Å²) in [4.78, 5) is 16.6. The molecule has 0 amide bonds. The van der Waals surface area contributed by atoms with Crippen molar-refractivity contribution in [2.75, 3.05) is 0 Å². The van der Waals surface area contributed by atoms with Crippen molar-refractivity contribution < 1.29 is 9.53 Å². The summed E-state index contributed by atoms with van der Waals surface area (Å²) in [6, 6.07) is 10.9. The molecule has 2 aromatic rings. The third-order valence-corrected chi connectivity index (χ3v) is 2.67. The van der Waals surface area contributed by atoms with Crippen molar-refractivity contribution in [3.63, 3.8) is 0 Å². The average molecular weight is 255 g/mol. The molecule has 1 aromatic carbocycles. The highest BCUT2D eigenvalue weighted by Crippen LogP contribution is 2.22. The van der Waals surface area contributed by atoms with Crippen LogP contribution in [0.25, 0.3) is 0 Å². The van der Waals surface area contributed by atoms with E-state index < -0.39 is 0 Å². The Bertz CT molecular complexity index is 574. The number of carbonyl (C=O) groups excluding carboxylic acids is 1. The lowest BCUT2D eigenvalue weighted by atomic mass is 10.0. The smallest absolute Gasteiger partial charge is 0.198 e. The lowest BCUT2D eigenvalue weighted by Crippen LogP contribution is -2.10. The van der Waals surface area contributed by atoms with E-state index in [0.29, 0.717) is 16.9 Å². The third kappa shape index (κ3) is 3.19. The number of carbonyl (C=O) groups is 1. The number of aryl methyl sites for hydroxylation is 1. The van der Waals surface area contributed by atoms with Crippen molar-refractivity contribution >= 4 is 5.78 Å². The normalized spacial score (nSPS) is 10.5. The van der Waals surface area contributed by atoms with E-state index in [4.69, 9.17) is 4.74 Å². The van der Waals surface area contributed by atoms with Gasteiger partial charge in [-0.15, -0.1) is 0 Å². The van der Waals surface area contributed by atoms with Crippen LogP contribution in [0.15, 0.2) is 42.6 Å². The maximum absolute atomic E-state index is 12.4. The number of aromatic nitrogens is 1. The summed E-state index contributed by atoms with van der Waals surface area (Å²) < 4.78 is 5.67. The SMILES string of the molecule is Cc1ccc(C(=O)c2ccccc2OC(C)C)cn1. The van der Waals surface area contributed by atoms with Gasteiger partial charge in [0.05, 0.1) is 11.7 Å². The summed E-state index contributed by atoms with van der Waals surface area (Å²) in [6.45, 7) is 5.77. The quantitative estimate of drug-likeness (QED) is 0.786. The Labute approximate surface area is 113 Å². The topological polar surface area (TPSA) is 39.2 Å². The summed E-state index contributed by atoms with van der Waals surface area (Å²) in [5.41, 5.74) is 2.04. The van der Waals surface area contributed by atoms with Gasteiger partial charge in [-0.1, -0.05) is 12.1 Å². The van der Waals surface area contributed by atoms with Crippen LogP contribution in [0.5, 0.6) is 5.75 Å². The fourth-order valence-corrected chi connectivity index (χ4v) is 1.77. The fraction of sp³-hybridized carbons (Fsp3) is 0.250. The number of hydrogen-bond donors (Lipinski definition) is 0. The predicted octanol–water partition coefficient (Wildman–Crippen LogP) is 3.41. The van der Waals surface area contributed by atoms with Gasteiger partial charge < -0.3 is 4.74 Å². The van der Waals surface area contributed by atoms with Crippen LogP contribution in [-0.4, -0.2) is 16.9 Å². The highest BCUT2D eigenvalue weighted by atomic mass is 16.5. The number of ketones is 1. The standard InChI is InChI=1S/C16H17NO2/c1-11(2)19-15-7-5-4-6-14(15)16(18)13-9-8-12(3)17-10-13/h4-11H,1-3H3. The van der Waals surface area contributed by atoms with Crippen molar-refractivity contribution in [2.45, 2.75) is 26.9 Å². The van der Waals surface area contributed by atoms with Gasteiger partial charge in [0.15, 0.2) is 5.78 Å². The molecule has 0 saturated heterocycles. The molecule has 1 aromatic heterocycles. The van der Waals surface area contributed by atoms with Gasteiger partial charge in [-0.05, 0) is 45.0 Å². The first-order valence-electron chi connectivity index (χ1n) is 6.31. The number of pyridine rings is 1. The molecule has 19 heavy (non-hydrogen) atoms. The Hall–Kier alpha value is -2.16. The van der Waals surface area contributed by atoms with Gasteiger partial charge in [0.25, 0.3) is 0 Å². The molecule has 0 atom stereocenters. The molecule has 2 rings (SSSR count). The number of nitrogens with zero attached hydrogens (tertiary/aromatic N) is 1. The molecule has 0 bridgehead atoms. The van der Waals surface area contributed by atoms with Crippen molar-refractivity contribution in [3.05, 3.63) is 59.4 Å². The highest BCUT2D eigenvalue weighted by Gasteiger charge is 2.15. The summed E-state index contributed by atoms with van der Waals surface area (Å²) in [6.07, 6.45) is 1.63. The van der Waals surface area contributed by atoms with Crippen LogP contribution in [0.4, 0.5) is 0 Å². The zero-order chi connectivity index (χ0) is 13.8. The average Bonchev–Trinajstić information content (AvgIpc) is 2.39. The van der Waals surface area contributed by atoms with Crippen LogP contribution in [0.1, 0.15) is 35.5 Å². The second kappa shape index (κ2) is 5.65. The van der Waals surface area contributed by atoms with Gasteiger partial charge in [0.2, 0.25) is 0 Å². The monoisotopic (exact) mass is 255 g/mol. The molecule has 3 heteroatoms. The molecule has 0 radical (unpaired) electrons. The summed E-state index contributed by atoms with van der Waals surface area (Å²) >= 11 is 0. The Morgan fingerprint density at radius 2 is 1.89 bits per heavy atom. The minimum absolute atomic E-state index is 0.0325. The zero-order valence-electron chi connectivity index (χ0n) is 11.4. The van der Waals surface area contributed by atoms with Crippen LogP contribution in [-0.2, 0) is 0 Å². The van der Waals surface area contributed by atoms with Gasteiger partial charge in [0, 0.05) is 17.5 Å². The highest BCUT2D eigenvalue weighted by molar-refractivity contribution is 6.10. The minimum Gasteiger partial charge on any atom is -0.490 e. The summed E-state index contributed by atoms with van der Waals surface area (Å²) in [5, 5.41) is 0. The van der Waals surface area contributed by atoms with E-state index >= 15 is 0 Å². The maximum Gasteiger partial charge on any atom is 0.198 e. The molecule has 0 spiro atoms. The van der Waals surface area contributed by atoms with Crippen LogP contribution < -0.4 is 4.74 Å². The number of rotatable bonds is 4. The first kappa shape index (κ1) is 13.3. The van der Waals surface area contributed by atoms with E-state index in [1.807, 2.05) is 45.0 Å². The van der Waals surface area contributed by atoms with E-state index in [1.165, 1.54) is 0 Å². The molecular weight excluding hydrogens is 238 g/mol. The minimum atomic E-state index is -0.0660. The molecule has 0 saturated carbocycles. The third-order valence-electron chi connectivity index (χ3n) is 2.67. The number of benzene rings is 1. The summed E-state index contributed by atoms with van der Waals surface area (Å²) in [5.74, 6) is 0.548. The van der Waals surface area contributed by atoms with Gasteiger partial charge in [-0.2, -0.15) is 0 Å². The predicted molar refractivity (Wildman–Crippen MR) is 74.6 cm³/mol. The van der Waals surface area contributed by atoms with Gasteiger partial charge >= 0.3 is 0 Å². The number of hydrogen-bond acceptors (Lipinski definition) is 3. The number of para-hydroxylation sites is 1. The van der Waals surface area contributed by atoms with Gasteiger partial charge in [-0.3, -0.25) is 9.78 Å². The molecule has 0 aliphatic heterocycles. The number of ether oxygens (including phenoxy) is 1. The van der Waals surface area contributed by atoms with E-state index in [2.05, 4.69) is 4.98 Å². The van der Waals surface area contributed by atoms with Gasteiger partial charge in [-0.25, -0.2) is 0 Å². The van der Waals surface area contributed by atoms with E-state index in [1.54, 1.807) is 18.3 Å². The molecular formula is C16H17NO2. The Morgan fingerprint density at radius 3 is 2.53 bits per heavy atom. The lowest BCUT2D eigenvalue weighted by molar-refractivity contribution is 0.103. The Morgan fingerprint density at radius 1 is 1.16 bits per heavy atom. The molecule has 1 heterocycles. The van der Waals surface area contributed by atoms with Crippen molar-refractivity contribution in [1.29, 1.82) is 0 Å². The molecule has 0 aliphatic carbocycles. The van der Waals surface area contributed by atoms with Crippen LogP contribution in [0, 0.1) is 6.92 Å². The van der Waals surface area contributed by atoms with E-state index in [0.717, 1.165) is 5.69 Å². The molecule has 3 nitrogen and oxygen atoms in total.